The van der Waals surface area contributed by atoms with Gasteiger partial charge in [0, 0.05) is 12.5 Å². The van der Waals surface area contributed by atoms with Crippen molar-refractivity contribution < 1.29 is 24.1 Å². The Labute approximate surface area is 135 Å². The van der Waals surface area contributed by atoms with Gasteiger partial charge in [0.2, 0.25) is 0 Å². The maximum absolute atomic E-state index is 10.7. The number of methoxy groups -OCH3 is 1. The molecule has 0 radical (unpaired) electrons. The minimum atomic E-state index is -0.834. The van der Waals surface area contributed by atoms with Crippen LogP contribution < -0.4 is 14.2 Å². The largest absolute Gasteiger partial charge is 0.497 e. The van der Waals surface area contributed by atoms with Crippen LogP contribution in [-0.4, -0.2) is 31.4 Å². The third kappa shape index (κ3) is 5.54. The van der Waals surface area contributed by atoms with Crippen LogP contribution in [0.15, 0.2) is 48.5 Å². The van der Waals surface area contributed by atoms with Crippen molar-refractivity contribution in [1.82, 2.24) is 0 Å². The van der Waals surface area contributed by atoms with Crippen molar-refractivity contribution in [3.8, 4) is 17.2 Å². The number of aliphatic carboxylic acids is 1. The van der Waals surface area contributed by atoms with Crippen LogP contribution in [0.3, 0.4) is 0 Å². The smallest absolute Gasteiger partial charge is 0.303 e. The van der Waals surface area contributed by atoms with Crippen molar-refractivity contribution in [2.24, 2.45) is 0 Å². The fraction of sp³-hybridized carbons (Fsp3) is 0.278. The summed E-state index contributed by atoms with van der Waals surface area (Å²) in [5.74, 6) is 1.25. The number of aryl methyl sites for hydroxylation is 1. The van der Waals surface area contributed by atoms with Gasteiger partial charge in [0.15, 0.2) is 0 Å². The van der Waals surface area contributed by atoms with Crippen LogP contribution in [0.2, 0.25) is 0 Å². The van der Waals surface area contributed by atoms with Gasteiger partial charge >= 0.3 is 5.97 Å². The molecule has 0 fully saturated rings. The average Bonchev–Trinajstić information content (AvgIpc) is 2.58. The molecule has 2 aromatic rings. The molecule has 1 N–H and O–H groups in total. The van der Waals surface area contributed by atoms with Crippen LogP contribution in [0.25, 0.3) is 0 Å². The van der Waals surface area contributed by atoms with Crippen LogP contribution in [0.4, 0.5) is 0 Å². The molecule has 5 nitrogen and oxygen atoms in total. The molecule has 0 aliphatic carbocycles. The lowest BCUT2D eigenvalue weighted by molar-refractivity contribution is -0.136. The van der Waals surface area contributed by atoms with Gasteiger partial charge in [0.05, 0.1) is 7.11 Å². The molecular weight excluding hydrogens is 296 g/mol. The van der Waals surface area contributed by atoms with E-state index in [0.717, 1.165) is 11.3 Å². The van der Waals surface area contributed by atoms with Crippen molar-refractivity contribution in [3.05, 3.63) is 54.1 Å². The Morgan fingerprint density at radius 3 is 2.43 bits per heavy atom. The first-order valence-corrected chi connectivity index (χ1v) is 7.38. The molecular formula is C18H20O5. The zero-order chi connectivity index (χ0) is 16.5. The highest BCUT2D eigenvalue weighted by Crippen LogP contribution is 2.26. The van der Waals surface area contributed by atoms with E-state index in [1.807, 2.05) is 36.4 Å². The molecule has 0 saturated carbocycles. The summed E-state index contributed by atoms with van der Waals surface area (Å²) in [6, 6.07) is 14.9. The van der Waals surface area contributed by atoms with E-state index in [9.17, 15) is 4.79 Å². The molecule has 5 heteroatoms. The zero-order valence-corrected chi connectivity index (χ0v) is 13.0. The van der Waals surface area contributed by atoms with Gasteiger partial charge in [-0.2, -0.15) is 0 Å². The van der Waals surface area contributed by atoms with Gasteiger partial charge in [-0.05, 0) is 30.2 Å². The third-order valence-electron chi connectivity index (χ3n) is 3.24. The average molecular weight is 316 g/mol. The molecule has 0 aromatic heterocycles. The van der Waals surface area contributed by atoms with E-state index in [1.165, 1.54) is 0 Å². The molecule has 0 heterocycles. The first kappa shape index (κ1) is 16.7. The molecule has 0 spiro atoms. The monoisotopic (exact) mass is 316 g/mol. The van der Waals surface area contributed by atoms with Gasteiger partial charge in [0.1, 0.15) is 30.5 Å². The van der Waals surface area contributed by atoms with Crippen LogP contribution in [-0.2, 0) is 11.2 Å². The maximum Gasteiger partial charge on any atom is 0.303 e. The molecule has 0 saturated heterocycles. The molecule has 0 unspecified atom stereocenters. The molecule has 122 valence electrons. The van der Waals surface area contributed by atoms with Gasteiger partial charge in [-0.15, -0.1) is 0 Å². The Kier molecular flexibility index (Phi) is 6.29. The topological polar surface area (TPSA) is 65.0 Å². The number of carbonyl (C=O) groups is 1. The van der Waals surface area contributed by atoms with Crippen molar-refractivity contribution in [2.75, 3.05) is 20.3 Å². The molecule has 0 bridgehead atoms. The normalized spacial score (nSPS) is 10.1. The lowest BCUT2D eigenvalue weighted by Gasteiger charge is -2.13. The minimum absolute atomic E-state index is 0.0587. The highest BCUT2D eigenvalue weighted by Gasteiger charge is 2.08. The van der Waals surface area contributed by atoms with Crippen LogP contribution in [0.5, 0.6) is 17.2 Å². The number of rotatable bonds is 9. The predicted molar refractivity (Wildman–Crippen MR) is 86.4 cm³/mol. The fourth-order valence-corrected chi connectivity index (χ4v) is 2.07. The van der Waals surface area contributed by atoms with E-state index in [1.54, 1.807) is 19.2 Å². The second-order valence-electron chi connectivity index (χ2n) is 4.88. The number of hydrogen-bond donors (Lipinski definition) is 1. The van der Waals surface area contributed by atoms with Crippen molar-refractivity contribution in [1.29, 1.82) is 0 Å². The van der Waals surface area contributed by atoms with Crippen LogP contribution in [0.1, 0.15) is 12.0 Å². The molecule has 0 amide bonds. The second-order valence-corrected chi connectivity index (χ2v) is 4.88. The molecule has 0 aliphatic rings. The number of ether oxygens (including phenoxy) is 3. The van der Waals surface area contributed by atoms with Gasteiger partial charge in [-0.25, -0.2) is 0 Å². The number of hydrogen-bond acceptors (Lipinski definition) is 4. The Balaban J connectivity index is 1.92. The number of carboxylic acid groups (broad SMARTS) is 1. The molecule has 2 aromatic carbocycles. The Morgan fingerprint density at radius 1 is 1.00 bits per heavy atom. The number of para-hydroxylation sites is 1. The summed E-state index contributed by atoms with van der Waals surface area (Å²) in [7, 11) is 1.58. The van der Waals surface area contributed by atoms with Crippen molar-refractivity contribution in [2.45, 2.75) is 12.8 Å². The summed E-state index contributed by atoms with van der Waals surface area (Å²) in [6.45, 7) is 0.766. The number of carboxylic acids is 1. The summed E-state index contributed by atoms with van der Waals surface area (Å²) >= 11 is 0. The molecule has 2 rings (SSSR count). The lowest BCUT2D eigenvalue weighted by Crippen LogP contribution is -2.10. The summed E-state index contributed by atoms with van der Waals surface area (Å²) in [5.41, 5.74) is 0.841. The second kappa shape index (κ2) is 8.68. The van der Waals surface area contributed by atoms with E-state index < -0.39 is 5.97 Å². The first-order chi connectivity index (χ1) is 11.2. The van der Waals surface area contributed by atoms with Gasteiger partial charge in [0.25, 0.3) is 0 Å². The van der Waals surface area contributed by atoms with Crippen molar-refractivity contribution in [3.63, 3.8) is 0 Å². The fourth-order valence-electron chi connectivity index (χ4n) is 2.07. The van der Waals surface area contributed by atoms with Crippen LogP contribution >= 0.6 is 0 Å². The Hall–Kier alpha value is -2.69. The third-order valence-corrected chi connectivity index (χ3v) is 3.24. The van der Waals surface area contributed by atoms with Gasteiger partial charge in [-0.3, -0.25) is 4.79 Å². The Morgan fingerprint density at radius 2 is 1.74 bits per heavy atom. The molecule has 0 aliphatic heterocycles. The molecule has 23 heavy (non-hydrogen) atoms. The minimum Gasteiger partial charge on any atom is -0.497 e. The standard InChI is InChI=1S/C18H20O5/c1-21-16-9-7-14(8-10-18(19)20)17(13-16)23-12-11-22-15-5-3-2-4-6-15/h2-7,9,13H,8,10-12H2,1H3,(H,19,20). The summed E-state index contributed by atoms with van der Waals surface area (Å²) in [4.78, 5) is 10.7. The van der Waals surface area contributed by atoms with Crippen LogP contribution in [0, 0.1) is 0 Å². The number of benzene rings is 2. The lowest BCUT2D eigenvalue weighted by atomic mass is 10.1. The van der Waals surface area contributed by atoms with E-state index in [0.29, 0.717) is 31.1 Å². The van der Waals surface area contributed by atoms with E-state index in [-0.39, 0.29) is 6.42 Å². The van der Waals surface area contributed by atoms with E-state index in [4.69, 9.17) is 19.3 Å². The van der Waals surface area contributed by atoms with Crippen molar-refractivity contribution >= 4 is 5.97 Å². The summed E-state index contributed by atoms with van der Waals surface area (Å²) in [6.07, 6.45) is 0.470. The maximum atomic E-state index is 10.7. The SMILES string of the molecule is COc1ccc(CCC(=O)O)c(OCCOc2ccccc2)c1. The molecule has 0 atom stereocenters. The highest BCUT2D eigenvalue weighted by molar-refractivity contribution is 5.67. The zero-order valence-electron chi connectivity index (χ0n) is 13.0. The van der Waals surface area contributed by atoms with E-state index in [2.05, 4.69) is 0 Å². The quantitative estimate of drug-likeness (QED) is 0.720. The summed E-state index contributed by atoms with van der Waals surface area (Å²) < 4.78 is 16.5. The summed E-state index contributed by atoms with van der Waals surface area (Å²) in [5, 5.41) is 8.82. The van der Waals surface area contributed by atoms with Gasteiger partial charge < -0.3 is 19.3 Å². The van der Waals surface area contributed by atoms with E-state index >= 15 is 0 Å². The van der Waals surface area contributed by atoms with Gasteiger partial charge in [-0.1, -0.05) is 24.3 Å². The first-order valence-electron chi connectivity index (χ1n) is 7.38. The Bertz CT molecular complexity index is 625. The highest BCUT2D eigenvalue weighted by atomic mass is 16.5. The predicted octanol–water partition coefficient (Wildman–Crippen LogP) is 3.17.